The zero-order valence-electron chi connectivity index (χ0n) is 31.4. The van der Waals surface area contributed by atoms with Crippen LogP contribution in [-0.4, -0.2) is 23.1 Å². The maximum atomic E-state index is 12.6. The van der Waals surface area contributed by atoms with Crippen LogP contribution in [0.5, 0.6) is 0 Å². The minimum atomic E-state index is -0.664. The quantitative estimate of drug-likeness (QED) is 0.0531. The average Bonchev–Trinajstić information content (AvgIpc) is 3.04. The predicted molar refractivity (Wildman–Crippen MR) is 200 cm³/mol. The number of hydrogen-bond donors (Lipinski definition) is 1. The first kappa shape index (κ1) is 44.9. The molecule has 0 aliphatic rings. The van der Waals surface area contributed by atoms with E-state index in [1.807, 2.05) is 0 Å². The van der Waals surface area contributed by atoms with E-state index in [2.05, 4.69) is 13.8 Å². The zero-order valence-corrected chi connectivity index (χ0v) is 31.4. The van der Waals surface area contributed by atoms with Crippen molar-refractivity contribution in [1.29, 1.82) is 0 Å². The minimum Gasteiger partial charge on any atom is -0.481 e. The highest BCUT2D eigenvalue weighted by Crippen LogP contribution is 2.19. The molecule has 274 valence electrons. The first-order chi connectivity index (χ1) is 22.6. The molecule has 0 bridgehead atoms. The second kappa shape index (κ2) is 38.4. The molecule has 1 atom stereocenters. The minimum absolute atomic E-state index is 0.0494. The number of carbonyl (C=O) groups excluding carboxylic acids is 1. The topological polar surface area (TPSA) is 63.6 Å². The molecule has 0 aromatic heterocycles. The zero-order chi connectivity index (χ0) is 33.6. The molecule has 0 aromatic carbocycles. The number of carboxylic acids is 1. The van der Waals surface area contributed by atoms with Crippen LogP contribution in [0.4, 0.5) is 0 Å². The summed E-state index contributed by atoms with van der Waals surface area (Å²) in [6.45, 7) is 4.54. The molecular weight excluding hydrogens is 568 g/mol. The van der Waals surface area contributed by atoms with Crippen molar-refractivity contribution in [3.8, 4) is 0 Å². The highest BCUT2D eigenvalue weighted by molar-refractivity contribution is 5.69. The predicted octanol–water partition coefficient (Wildman–Crippen LogP) is 14.5. The van der Waals surface area contributed by atoms with Crippen molar-refractivity contribution >= 4 is 11.9 Å². The number of aliphatic carboxylic acids is 1. The van der Waals surface area contributed by atoms with Gasteiger partial charge in [-0.05, 0) is 38.5 Å². The number of carbonyl (C=O) groups is 2. The van der Waals surface area contributed by atoms with Gasteiger partial charge in [-0.1, -0.05) is 200 Å². The Labute approximate surface area is 288 Å². The van der Waals surface area contributed by atoms with Crippen LogP contribution in [0.1, 0.15) is 251 Å². The van der Waals surface area contributed by atoms with Crippen molar-refractivity contribution in [2.45, 2.75) is 258 Å². The molecule has 0 aromatic rings. The van der Waals surface area contributed by atoms with E-state index in [9.17, 15) is 9.59 Å². The molecule has 0 heterocycles. The van der Waals surface area contributed by atoms with Crippen LogP contribution >= 0.6 is 0 Å². The number of rotatable bonds is 39. The highest BCUT2D eigenvalue weighted by Gasteiger charge is 2.14. The van der Waals surface area contributed by atoms with Crippen molar-refractivity contribution in [1.82, 2.24) is 0 Å². The summed E-state index contributed by atoms with van der Waals surface area (Å²) in [5.74, 6) is -0.614. The van der Waals surface area contributed by atoms with Crippen LogP contribution in [0.2, 0.25) is 0 Å². The molecule has 4 nitrogen and oxygen atoms in total. The molecule has 0 aliphatic heterocycles. The molecule has 0 fully saturated rings. The summed E-state index contributed by atoms with van der Waals surface area (Å²) in [6.07, 6.45) is 45.9. The van der Waals surface area contributed by atoms with Gasteiger partial charge in [-0.25, -0.2) is 0 Å². The first-order valence-corrected chi connectivity index (χ1v) is 21.0. The van der Waals surface area contributed by atoms with Crippen LogP contribution in [0.3, 0.4) is 0 Å². The number of unbranched alkanes of at least 4 members (excludes halogenated alkanes) is 30. The Morgan fingerprint density at radius 3 is 0.978 bits per heavy atom. The van der Waals surface area contributed by atoms with E-state index in [0.717, 1.165) is 32.1 Å². The van der Waals surface area contributed by atoms with Crippen molar-refractivity contribution in [2.24, 2.45) is 0 Å². The van der Waals surface area contributed by atoms with Gasteiger partial charge in [-0.15, -0.1) is 0 Å². The Balaban J connectivity index is 3.73. The monoisotopic (exact) mass is 651 g/mol. The lowest BCUT2D eigenvalue weighted by atomic mass is 10.0. The first-order valence-electron chi connectivity index (χ1n) is 21.0. The van der Waals surface area contributed by atoms with E-state index >= 15 is 0 Å². The average molecular weight is 651 g/mol. The van der Waals surface area contributed by atoms with E-state index in [1.165, 1.54) is 193 Å². The van der Waals surface area contributed by atoms with Gasteiger partial charge >= 0.3 is 11.9 Å². The molecule has 0 amide bonds. The Morgan fingerprint density at radius 1 is 0.391 bits per heavy atom. The number of carboxylic acid groups (broad SMARTS) is 1. The molecule has 0 saturated carbocycles. The Kier molecular flexibility index (Phi) is 37.5. The van der Waals surface area contributed by atoms with E-state index in [4.69, 9.17) is 9.84 Å². The lowest BCUT2D eigenvalue weighted by Gasteiger charge is -2.18. The summed E-state index contributed by atoms with van der Waals surface area (Å²) in [7, 11) is 0. The molecule has 1 N–H and O–H groups in total. The van der Waals surface area contributed by atoms with Gasteiger partial charge in [0, 0.05) is 12.8 Å². The number of hydrogen-bond acceptors (Lipinski definition) is 3. The number of esters is 1. The Hall–Kier alpha value is -1.06. The Bertz CT molecular complexity index is 619. The third-order valence-electron chi connectivity index (χ3n) is 9.83. The van der Waals surface area contributed by atoms with Gasteiger partial charge in [0.05, 0.1) is 0 Å². The second-order valence-corrected chi connectivity index (χ2v) is 14.5. The van der Waals surface area contributed by atoms with Crippen LogP contribution in [0, 0.1) is 0 Å². The fourth-order valence-electron chi connectivity index (χ4n) is 6.72. The van der Waals surface area contributed by atoms with E-state index in [1.54, 1.807) is 0 Å². The van der Waals surface area contributed by atoms with Gasteiger partial charge in [0.25, 0.3) is 0 Å². The SMILES string of the molecule is CCCCCCCCCCCCCCCCCC(=O)OC(CCCCCC)CCCCCCCCCCCCCCCCC(=O)O. The van der Waals surface area contributed by atoms with Crippen molar-refractivity contribution in [3.63, 3.8) is 0 Å². The largest absolute Gasteiger partial charge is 0.481 e. The van der Waals surface area contributed by atoms with Crippen molar-refractivity contribution in [2.75, 3.05) is 0 Å². The third kappa shape index (κ3) is 37.4. The van der Waals surface area contributed by atoms with Crippen LogP contribution in [-0.2, 0) is 14.3 Å². The summed E-state index contributed by atoms with van der Waals surface area (Å²) in [4.78, 5) is 23.2. The molecule has 4 heteroatoms. The van der Waals surface area contributed by atoms with E-state index in [-0.39, 0.29) is 12.1 Å². The van der Waals surface area contributed by atoms with E-state index < -0.39 is 5.97 Å². The summed E-state index contributed by atoms with van der Waals surface area (Å²) in [5.41, 5.74) is 0. The normalized spacial score (nSPS) is 12.0. The summed E-state index contributed by atoms with van der Waals surface area (Å²) >= 11 is 0. The maximum Gasteiger partial charge on any atom is 0.306 e. The van der Waals surface area contributed by atoms with Gasteiger partial charge < -0.3 is 9.84 Å². The Morgan fingerprint density at radius 2 is 0.652 bits per heavy atom. The molecule has 0 radical (unpaired) electrons. The molecule has 46 heavy (non-hydrogen) atoms. The molecule has 0 saturated heterocycles. The standard InChI is InChI=1S/C42H82O4/c1-3-5-7-9-10-11-12-13-14-19-22-25-28-31-35-39-42(45)46-40(36-32-8-6-4-2)37-33-29-26-23-20-17-15-16-18-21-24-27-30-34-38-41(43)44/h40H,3-39H2,1-2H3,(H,43,44). The lowest BCUT2D eigenvalue weighted by Crippen LogP contribution is -2.18. The summed E-state index contributed by atoms with van der Waals surface area (Å²) in [5, 5.41) is 8.68. The molecule has 0 spiro atoms. The van der Waals surface area contributed by atoms with Crippen LogP contribution in [0.15, 0.2) is 0 Å². The summed E-state index contributed by atoms with van der Waals surface area (Å²) in [6, 6.07) is 0. The second-order valence-electron chi connectivity index (χ2n) is 14.5. The molecule has 0 rings (SSSR count). The lowest BCUT2D eigenvalue weighted by molar-refractivity contribution is -0.150. The van der Waals surface area contributed by atoms with Crippen molar-refractivity contribution < 1.29 is 19.4 Å². The molecule has 0 aliphatic carbocycles. The van der Waals surface area contributed by atoms with Gasteiger partial charge in [-0.3, -0.25) is 9.59 Å². The van der Waals surface area contributed by atoms with Gasteiger partial charge in [0.1, 0.15) is 6.10 Å². The van der Waals surface area contributed by atoms with E-state index in [0.29, 0.717) is 12.8 Å². The van der Waals surface area contributed by atoms with Crippen LogP contribution in [0.25, 0.3) is 0 Å². The maximum absolute atomic E-state index is 12.6. The highest BCUT2D eigenvalue weighted by atomic mass is 16.5. The van der Waals surface area contributed by atoms with Gasteiger partial charge in [0.2, 0.25) is 0 Å². The smallest absolute Gasteiger partial charge is 0.306 e. The summed E-state index contributed by atoms with van der Waals surface area (Å²) < 4.78 is 6.02. The molecular formula is C42H82O4. The fourth-order valence-corrected chi connectivity index (χ4v) is 6.72. The van der Waals surface area contributed by atoms with Crippen LogP contribution < -0.4 is 0 Å². The molecule has 1 unspecified atom stereocenters. The fraction of sp³-hybridized carbons (Fsp3) is 0.952. The third-order valence-corrected chi connectivity index (χ3v) is 9.83. The van der Waals surface area contributed by atoms with Crippen molar-refractivity contribution in [3.05, 3.63) is 0 Å². The van der Waals surface area contributed by atoms with Gasteiger partial charge in [0.15, 0.2) is 0 Å². The van der Waals surface area contributed by atoms with Gasteiger partial charge in [-0.2, -0.15) is 0 Å². The number of ether oxygens (including phenoxy) is 1.